The summed E-state index contributed by atoms with van der Waals surface area (Å²) < 4.78 is 10.4. The van der Waals surface area contributed by atoms with Crippen molar-refractivity contribution in [2.45, 2.75) is 39.9 Å². The standard InChI is InChI=1S/C30H34O4S/c1-6-34-29(32)17-28(31)22(4)18-35-19-25-14-15-26(33-5)16-27(25)23-10-12-24(13-11-23)30-20(2)8-7-9-21(30)3/h7-16,22H,6,17-19H2,1-5H3. The van der Waals surface area contributed by atoms with Gasteiger partial charge in [-0.1, -0.05) is 55.5 Å². The number of benzene rings is 3. The molecule has 1 unspecified atom stereocenters. The molecule has 0 fully saturated rings. The SMILES string of the molecule is CCOC(=O)CC(=O)C(C)CSCc1ccc(OC)cc1-c1ccc(-c2c(C)cccc2C)cc1. The summed E-state index contributed by atoms with van der Waals surface area (Å²) in [5.41, 5.74) is 8.45. The van der Waals surface area contributed by atoms with Gasteiger partial charge in [-0.05, 0) is 71.8 Å². The van der Waals surface area contributed by atoms with E-state index in [9.17, 15) is 9.59 Å². The fraction of sp³-hybridized carbons (Fsp3) is 0.333. The van der Waals surface area contributed by atoms with Gasteiger partial charge in [0.1, 0.15) is 18.0 Å². The van der Waals surface area contributed by atoms with E-state index in [1.165, 1.54) is 27.8 Å². The Morgan fingerprint density at radius 1 is 0.943 bits per heavy atom. The summed E-state index contributed by atoms with van der Waals surface area (Å²) in [5, 5.41) is 0. The average molecular weight is 491 g/mol. The van der Waals surface area contributed by atoms with Gasteiger partial charge in [0.25, 0.3) is 0 Å². The summed E-state index contributed by atoms with van der Waals surface area (Å²) in [6, 6.07) is 21.2. The quantitative estimate of drug-likeness (QED) is 0.213. The minimum atomic E-state index is -0.448. The molecule has 0 aliphatic carbocycles. The van der Waals surface area contributed by atoms with Crippen LogP contribution in [0.2, 0.25) is 0 Å². The van der Waals surface area contributed by atoms with Crippen LogP contribution in [0.3, 0.4) is 0 Å². The highest BCUT2D eigenvalue weighted by Crippen LogP contribution is 2.34. The first-order chi connectivity index (χ1) is 16.8. The second kappa shape index (κ2) is 12.6. The van der Waals surface area contributed by atoms with E-state index in [1.54, 1.807) is 25.8 Å². The molecule has 0 N–H and O–H groups in total. The molecule has 4 nitrogen and oxygen atoms in total. The number of Topliss-reactive ketones (excluding diaryl/α,β-unsaturated/α-hetero) is 1. The molecule has 0 amide bonds. The Bertz CT molecular complexity index is 1150. The van der Waals surface area contributed by atoms with Crippen molar-refractivity contribution in [3.63, 3.8) is 0 Å². The van der Waals surface area contributed by atoms with Crippen LogP contribution < -0.4 is 4.74 Å². The first-order valence-corrected chi connectivity index (χ1v) is 13.1. The van der Waals surface area contributed by atoms with Gasteiger partial charge >= 0.3 is 5.97 Å². The molecule has 3 rings (SSSR count). The van der Waals surface area contributed by atoms with E-state index in [4.69, 9.17) is 9.47 Å². The van der Waals surface area contributed by atoms with Crippen LogP contribution in [0.4, 0.5) is 0 Å². The fourth-order valence-corrected chi connectivity index (χ4v) is 5.26. The van der Waals surface area contributed by atoms with Crippen LogP contribution in [-0.4, -0.2) is 31.2 Å². The third kappa shape index (κ3) is 6.98. The number of rotatable bonds is 11. The molecule has 3 aromatic carbocycles. The lowest BCUT2D eigenvalue weighted by Crippen LogP contribution is -2.19. The van der Waals surface area contributed by atoms with E-state index in [0.29, 0.717) is 12.4 Å². The average Bonchev–Trinajstić information content (AvgIpc) is 2.84. The van der Waals surface area contributed by atoms with Crippen molar-refractivity contribution in [1.82, 2.24) is 0 Å². The summed E-state index contributed by atoms with van der Waals surface area (Å²) in [5.74, 6) is 1.49. The Kier molecular flexibility index (Phi) is 9.55. The van der Waals surface area contributed by atoms with E-state index in [2.05, 4.69) is 68.4 Å². The van der Waals surface area contributed by atoms with E-state index in [0.717, 1.165) is 22.6 Å². The van der Waals surface area contributed by atoms with Gasteiger partial charge in [0, 0.05) is 17.4 Å². The van der Waals surface area contributed by atoms with Gasteiger partial charge in [-0.15, -0.1) is 0 Å². The lowest BCUT2D eigenvalue weighted by molar-refractivity contribution is -0.146. The monoisotopic (exact) mass is 490 g/mol. The number of carbonyl (C=O) groups is 2. The van der Waals surface area contributed by atoms with Crippen LogP contribution in [0.1, 0.15) is 37.0 Å². The molecule has 5 heteroatoms. The van der Waals surface area contributed by atoms with E-state index < -0.39 is 5.97 Å². The van der Waals surface area contributed by atoms with Crippen molar-refractivity contribution in [3.8, 4) is 28.0 Å². The van der Waals surface area contributed by atoms with Crippen molar-refractivity contribution >= 4 is 23.5 Å². The summed E-state index contributed by atoms with van der Waals surface area (Å²) in [6.07, 6.45) is -0.157. The number of hydrogen-bond acceptors (Lipinski definition) is 5. The summed E-state index contributed by atoms with van der Waals surface area (Å²) in [6.45, 7) is 8.19. The van der Waals surface area contributed by atoms with Crippen LogP contribution in [-0.2, 0) is 20.1 Å². The molecule has 0 radical (unpaired) electrons. The van der Waals surface area contributed by atoms with Crippen LogP contribution >= 0.6 is 11.8 Å². The number of esters is 1. The second-order valence-electron chi connectivity index (χ2n) is 8.73. The highest BCUT2D eigenvalue weighted by molar-refractivity contribution is 7.98. The first kappa shape index (κ1) is 26.6. The molecule has 0 heterocycles. The Morgan fingerprint density at radius 3 is 2.23 bits per heavy atom. The van der Waals surface area contributed by atoms with Crippen molar-refractivity contribution in [1.29, 1.82) is 0 Å². The summed E-state index contributed by atoms with van der Waals surface area (Å²) >= 11 is 1.70. The summed E-state index contributed by atoms with van der Waals surface area (Å²) in [7, 11) is 1.68. The van der Waals surface area contributed by atoms with E-state index in [-0.39, 0.29) is 18.1 Å². The van der Waals surface area contributed by atoms with Crippen molar-refractivity contribution in [2.24, 2.45) is 5.92 Å². The predicted molar refractivity (Wildman–Crippen MR) is 145 cm³/mol. The molecule has 0 bridgehead atoms. The van der Waals surface area contributed by atoms with Gasteiger partial charge in [-0.2, -0.15) is 11.8 Å². The summed E-state index contributed by atoms with van der Waals surface area (Å²) in [4.78, 5) is 23.9. The molecule has 1 atom stereocenters. The number of methoxy groups -OCH3 is 1. The molecule has 35 heavy (non-hydrogen) atoms. The van der Waals surface area contributed by atoms with Crippen molar-refractivity contribution in [2.75, 3.05) is 19.5 Å². The Morgan fingerprint density at radius 2 is 1.60 bits per heavy atom. The molecule has 0 spiro atoms. The van der Waals surface area contributed by atoms with Gasteiger partial charge in [-0.25, -0.2) is 0 Å². The number of hydrogen-bond donors (Lipinski definition) is 0. The molecular weight excluding hydrogens is 456 g/mol. The molecule has 0 aromatic heterocycles. The molecular formula is C30H34O4S. The van der Waals surface area contributed by atoms with Gasteiger partial charge in [0.05, 0.1) is 13.7 Å². The molecule has 184 valence electrons. The molecule has 0 aliphatic heterocycles. The Labute approximate surface area is 213 Å². The molecule has 3 aromatic rings. The van der Waals surface area contributed by atoms with Crippen LogP contribution in [0.15, 0.2) is 60.7 Å². The van der Waals surface area contributed by atoms with Crippen molar-refractivity contribution in [3.05, 3.63) is 77.4 Å². The van der Waals surface area contributed by atoms with Crippen LogP contribution in [0.25, 0.3) is 22.3 Å². The number of ether oxygens (including phenoxy) is 2. The molecule has 0 saturated heterocycles. The second-order valence-corrected chi connectivity index (χ2v) is 9.76. The largest absolute Gasteiger partial charge is 0.497 e. The van der Waals surface area contributed by atoms with E-state index in [1.807, 2.05) is 13.0 Å². The molecule has 0 aliphatic rings. The molecule has 0 saturated carbocycles. The van der Waals surface area contributed by atoms with Crippen molar-refractivity contribution < 1.29 is 19.1 Å². The number of ketones is 1. The third-order valence-corrected chi connectivity index (χ3v) is 7.33. The lowest BCUT2D eigenvalue weighted by Gasteiger charge is -2.15. The van der Waals surface area contributed by atoms with Gasteiger partial charge in [-0.3, -0.25) is 9.59 Å². The topological polar surface area (TPSA) is 52.6 Å². The minimum Gasteiger partial charge on any atom is -0.497 e. The van der Waals surface area contributed by atoms with Gasteiger partial charge in [0.2, 0.25) is 0 Å². The maximum absolute atomic E-state index is 12.3. The fourth-order valence-electron chi connectivity index (χ4n) is 4.13. The highest BCUT2D eigenvalue weighted by atomic mass is 32.2. The number of aryl methyl sites for hydroxylation is 2. The van der Waals surface area contributed by atoms with Crippen LogP contribution in [0, 0.1) is 19.8 Å². The third-order valence-electron chi connectivity index (χ3n) is 6.08. The van der Waals surface area contributed by atoms with E-state index >= 15 is 0 Å². The first-order valence-electron chi connectivity index (χ1n) is 11.9. The van der Waals surface area contributed by atoms with Gasteiger partial charge in [0.15, 0.2) is 0 Å². The zero-order valence-electron chi connectivity index (χ0n) is 21.2. The normalized spacial score (nSPS) is 11.7. The lowest BCUT2D eigenvalue weighted by atomic mass is 9.93. The maximum Gasteiger partial charge on any atom is 0.313 e. The predicted octanol–water partition coefficient (Wildman–Crippen LogP) is 7.04. The number of thioether (sulfide) groups is 1. The maximum atomic E-state index is 12.3. The number of carbonyl (C=O) groups excluding carboxylic acids is 2. The minimum absolute atomic E-state index is 0.0759. The Balaban J connectivity index is 1.75. The van der Waals surface area contributed by atoms with Gasteiger partial charge < -0.3 is 9.47 Å². The zero-order chi connectivity index (χ0) is 25.4. The highest BCUT2D eigenvalue weighted by Gasteiger charge is 2.18. The zero-order valence-corrected chi connectivity index (χ0v) is 22.0. The van der Waals surface area contributed by atoms with Crippen LogP contribution in [0.5, 0.6) is 5.75 Å². The smallest absolute Gasteiger partial charge is 0.313 e. The Hall–Kier alpha value is -3.05.